The molecule has 1 aromatic carbocycles. The Balaban J connectivity index is 1.96. The highest BCUT2D eigenvalue weighted by atomic mass is 16.4. The first-order chi connectivity index (χ1) is 10.2. The van der Waals surface area contributed by atoms with Crippen molar-refractivity contribution in [1.82, 2.24) is 10.3 Å². The zero-order valence-electron chi connectivity index (χ0n) is 12.4. The second-order valence-electron chi connectivity index (χ2n) is 5.87. The predicted octanol–water partition coefficient (Wildman–Crippen LogP) is 3.39. The third-order valence-corrected chi connectivity index (χ3v) is 4.40. The lowest BCUT2D eigenvalue weighted by atomic mass is 9.91. The number of unbranched alkanes of at least 4 members (excludes halogenated alkanes) is 2. The van der Waals surface area contributed by atoms with E-state index in [4.69, 9.17) is 0 Å². The summed E-state index contributed by atoms with van der Waals surface area (Å²) in [7, 11) is 0. The molecule has 1 unspecified atom stereocenters. The van der Waals surface area contributed by atoms with Crippen molar-refractivity contribution in [3.05, 3.63) is 35.5 Å². The van der Waals surface area contributed by atoms with E-state index in [0.29, 0.717) is 6.42 Å². The zero-order valence-corrected chi connectivity index (χ0v) is 12.4. The number of benzene rings is 1. The molecule has 0 amide bonds. The normalized spacial score (nSPS) is 21.4. The van der Waals surface area contributed by atoms with Crippen LogP contribution in [0.2, 0.25) is 0 Å². The van der Waals surface area contributed by atoms with Gasteiger partial charge in [0.25, 0.3) is 0 Å². The second kappa shape index (κ2) is 5.90. The molecule has 0 spiro atoms. The van der Waals surface area contributed by atoms with Gasteiger partial charge < -0.3 is 10.1 Å². The first-order valence-corrected chi connectivity index (χ1v) is 7.79. The Morgan fingerprint density at radius 2 is 2.14 bits per heavy atom. The van der Waals surface area contributed by atoms with Crippen LogP contribution in [0.1, 0.15) is 49.9 Å². The van der Waals surface area contributed by atoms with Crippen molar-refractivity contribution in [2.24, 2.45) is 0 Å². The standard InChI is InChI=1S/C17H22N2O2/c1-2-3-4-9-14-16-12(10-15(18-14)17(20)21)11-7-5-6-8-13(11)19-16/h5-8,14-15,18-19H,2-4,9-10H2,1H3,(H,20,21)/t14?,15-/m0/s1. The Bertz CT molecular complexity index is 647. The topological polar surface area (TPSA) is 65.1 Å². The molecule has 1 aliphatic rings. The summed E-state index contributed by atoms with van der Waals surface area (Å²) in [6.45, 7) is 2.18. The smallest absolute Gasteiger partial charge is 0.321 e. The third-order valence-electron chi connectivity index (χ3n) is 4.40. The summed E-state index contributed by atoms with van der Waals surface area (Å²) in [4.78, 5) is 14.9. The van der Waals surface area contributed by atoms with Crippen LogP contribution in [-0.4, -0.2) is 22.1 Å². The molecule has 2 heterocycles. The van der Waals surface area contributed by atoms with Crippen LogP contribution in [0, 0.1) is 0 Å². The molecule has 1 aliphatic heterocycles. The van der Waals surface area contributed by atoms with Crippen LogP contribution < -0.4 is 5.32 Å². The summed E-state index contributed by atoms with van der Waals surface area (Å²) >= 11 is 0. The van der Waals surface area contributed by atoms with Gasteiger partial charge in [0, 0.05) is 29.1 Å². The lowest BCUT2D eigenvalue weighted by Gasteiger charge is -2.29. The van der Waals surface area contributed by atoms with Crippen LogP contribution in [0.4, 0.5) is 0 Å². The van der Waals surface area contributed by atoms with Crippen molar-refractivity contribution in [3.63, 3.8) is 0 Å². The number of carbonyl (C=O) groups is 1. The van der Waals surface area contributed by atoms with E-state index in [9.17, 15) is 9.90 Å². The molecule has 3 N–H and O–H groups in total. The van der Waals surface area contributed by atoms with Gasteiger partial charge in [0.15, 0.2) is 0 Å². The summed E-state index contributed by atoms with van der Waals surface area (Å²) in [6, 6.07) is 7.81. The van der Waals surface area contributed by atoms with Gasteiger partial charge in [-0.25, -0.2) is 0 Å². The molecule has 2 atom stereocenters. The van der Waals surface area contributed by atoms with Gasteiger partial charge in [-0.05, 0) is 18.1 Å². The quantitative estimate of drug-likeness (QED) is 0.738. The highest BCUT2D eigenvalue weighted by Crippen LogP contribution is 2.34. The lowest BCUT2D eigenvalue weighted by molar-refractivity contribution is -0.139. The molecule has 0 aliphatic carbocycles. The molecule has 21 heavy (non-hydrogen) atoms. The average molecular weight is 286 g/mol. The fourth-order valence-electron chi connectivity index (χ4n) is 3.31. The average Bonchev–Trinajstić information content (AvgIpc) is 2.86. The molecule has 3 rings (SSSR count). The minimum absolute atomic E-state index is 0.119. The van der Waals surface area contributed by atoms with E-state index in [-0.39, 0.29) is 6.04 Å². The number of aromatic nitrogens is 1. The van der Waals surface area contributed by atoms with Crippen LogP contribution >= 0.6 is 0 Å². The predicted molar refractivity (Wildman–Crippen MR) is 83.4 cm³/mol. The van der Waals surface area contributed by atoms with Crippen molar-refractivity contribution in [2.75, 3.05) is 0 Å². The number of H-pyrrole nitrogens is 1. The van der Waals surface area contributed by atoms with E-state index in [1.54, 1.807) is 0 Å². The molecule has 0 bridgehead atoms. The van der Waals surface area contributed by atoms with Crippen molar-refractivity contribution in [1.29, 1.82) is 0 Å². The van der Waals surface area contributed by atoms with Gasteiger partial charge in [0.1, 0.15) is 6.04 Å². The maximum absolute atomic E-state index is 11.4. The van der Waals surface area contributed by atoms with Crippen LogP contribution in [0.3, 0.4) is 0 Å². The number of hydrogen-bond donors (Lipinski definition) is 3. The fraction of sp³-hybridized carbons (Fsp3) is 0.471. The van der Waals surface area contributed by atoms with Crippen molar-refractivity contribution >= 4 is 16.9 Å². The van der Waals surface area contributed by atoms with Gasteiger partial charge in [-0.3, -0.25) is 10.1 Å². The molecule has 0 saturated carbocycles. The number of fused-ring (bicyclic) bond motifs is 3. The Kier molecular flexibility index (Phi) is 3.97. The molecule has 1 aromatic heterocycles. The summed E-state index contributed by atoms with van der Waals surface area (Å²) in [5.74, 6) is -0.758. The molecule has 2 aromatic rings. The number of rotatable bonds is 5. The minimum Gasteiger partial charge on any atom is -0.480 e. The summed E-state index contributed by atoms with van der Waals surface area (Å²) in [5.41, 5.74) is 3.47. The van der Waals surface area contributed by atoms with E-state index in [0.717, 1.165) is 18.4 Å². The first-order valence-electron chi connectivity index (χ1n) is 7.79. The third kappa shape index (κ3) is 2.68. The number of aliphatic carboxylic acids is 1. The van der Waals surface area contributed by atoms with E-state index in [1.165, 1.54) is 29.5 Å². The van der Waals surface area contributed by atoms with Gasteiger partial charge in [-0.1, -0.05) is 44.4 Å². The molecule has 0 fully saturated rings. The van der Waals surface area contributed by atoms with Gasteiger partial charge >= 0.3 is 5.97 Å². The Hall–Kier alpha value is -1.81. The Morgan fingerprint density at radius 3 is 2.90 bits per heavy atom. The van der Waals surface area contributed by atoms with Gasteiger partial charge in [-0.2, -0.15) is 0 Å². The molecular weight excluding hydrogens is 264 g/mol. The fourth-order valence-corrected chi connectivity index (χ4v) is 3.31. The molecular formula is C17H22N2O2. The summed E-state index contributed by atoms with van der Waals surface area (Å²) in [5, 5.41) is 13.9. The monoisotopic (exact) mass is 286 g/mol. The number of carboxylic acid groups (broad SMARTS) is 1. The van der Waals surface area contributed by atoms with Crippen LogP contribution in [0.25, 0.3) is 10.9 Å². The first kappa shape index (κ1) is 14.1. The molecule has 0 saturated heterocycles. The van der Waals surface area contributed by atoms with Gasteiger partial charge in [0.2, 0.25) is 0 Å². The maximum Gasteiger partial charge on any atom is 0.321 e. The zero-order chi connectivity index (χ0) is 14.8. The summed E-state index contributed by atoms with van der Waals surface area (Å²) in [6.07, 6.45) is 5.02. The van der Waals surface area contributed by atoms with Gasteiger partial charge in [0.05, 0.1) is 0 Å². The maximum atomic E-state index is 11.4. The number of nitrogens with one attached hydrogen (secondary N) is 2. The molecule has 4 heteroatoms. The number of para-hydroxylation sites is 1. The van der Waals surface area contributed by atoms with Crippen LogP contribution in [0.15, 0.2) is 24.3 Å². The largest absolute Gasteiger partial charge is 0.480 e. The van der Waals surface area contributed by atoms with E-state index < -0.39 is 12.0 Å². The molecule has 4 nitrogen and oxygen atoms in total. The Morgan fingerprint density at radius 1 is 1.33 bits per heavy atom. The summed E-state index contributed by atoms with van der Waals surface area (Å²) < 4.78 is 0. The lowest BCUT2D eigenvalue weighted by Crippen LogP contribution is -2.44. The highest BCUT2D eigenvalue weighted by Gasteiger charge is 2.32. The number of hydrogen-bond acceptors (Lipinski definition) is 2. The van der Waals surface area contributed by atoms with E-state index in [1.807, 2.05) is 12.1 Å². The van der Waals surface area contributed by atoms with E-state index in [2.05, 4.69) is 29.4 Å². The van der Waals surface area contributed by atoms with Gasteiger partial charge in [-0.15, -0.1) is 0 Å². The number of aromatic amines is 1. The molecule has 0 radical (unpaired) electrons. The van der Waals surface area contributed by atoms with Crippen molar-refractivity contribution in [2.45, 2.75) is 51.1 Å². The molecule has 112 valence electrons. The van der Waals surface area contributed by atoms with Crippen molar-refractivity contribution < 1.29 is 9.90 Å². The second-order valence-corrected chi connectivity index (χ2v) is 5.87. The van der Waals surface area contributed by atoms with Crippen LogP contribution in [0.5, 0.6) is 0 Å². The van der Waals surface area contributed by atoms with E-state index >= 15 is 0 Å². The Labute approximate surface area is 124 Å². The highest BCUT2D eigenvalue weighted by molar-refractivity contribution is 5.86. The number of carboxylic acids is 1. The van der Waals surface area contributed by atoms with Crippen molar-refractivity contribution in [3.8, 4) is 0 Å². The minimum atomic E-state index is -0.758. The van der Waals surface area contributed by atoms with Crippen LogP contribution in [-0.2, 0) is 11.2 Å². The SMILES string of the molecule is CCCCCC1N[C@H](C(=O)O)Cc2c1[nH]c1ccccc21.